The molecular weight excluding hydrogens is 336 g/mol. The number of carbonyl (C=O) groups is 1. The molecule has 1 saturated heterocycles. The van der Waals surface area contributed by atoms with Gasteiger partial charge in [0.05, 0.1) is 11.6 Å². The van der Waals surface area contributed by atoms with Gasteiger partial charge in [0.15, 0.2) is 0 Å². The van der Waals surface area contributed by atoms with Gasteiger partial charge in [-0.2, -0.15) is 0 Å². The summed E-state index contributed by atoms with van der Waals surface area (Å²) >= 11 is 6.20. The van der Waals surface area contributed by atoms with E-state index in [-0.39, 0.29) is 5.91 Å². The first kappa shape index (κ1) is 17.8. The zero-order valence-corrected chi connectivity index (χ0v) is 15.2. The van der Waals surface area contributed by atoms with Crippen LogP contribution in [0.3, 0.4) is 0 Å². The van der Waals surface area contributed by atoms with E-state index in [1.54, 1.807) is 18.2 Å². The highest BCUT2D eigenvalue weighted by Crippen LogP contribution is 2.26. The maximum atomic E-state index is 12.7. The number of benzene rings is 2. The fourth-order valence-corrected chi connectivity index (χ4v) is 3.27. The highest BCUT2D eigenvalue weighted by molar-refractivity contribution is 6.32. The molecule has 5 heteroatoms. The van der Waals surface area contributed by atoms with Crippen molar-refractivity contribution in [2.45, 2.75) is 13.5 Å². The Morgan fingerprint density at radius 2 is 1.80 bits per heavy atom. The zero-order valence-electron chi connectivity index (χ0n) is 14.5. The van der Waals surface area contributed by atoms with E-state index < -0.39 is 0 Å². The first-order valence-electron chi connectivity index (χ1n) is 8.65. The summed E-state index contributed by atoms with van der Waals surface area (Å²) in [5, 5.41) is 0.482. The molecule has 1 aliphatic rings. The molecule has 0 aromatic heterocycles. The average molecular weight is 359 g/mol. The Bertz CT molecular complexity index is 713. The number of rotatable bonds is 5. The van der Waals surface area contributed by atoms with Gasteiger partial charge in [-0.3, -0.25) is 9.69 Å². The molecule has 2 aromatic rings. The molecule has 1 fully saturated rings. The van der Waals surface area contributed by atoms with E-state index in [4.69, 9.17) is 16.3 Å². The van der Waals surface area contributed by atoms with Gasteiger partial charge in [-0.25, -0.2) is 0 Å². The van der Waals surface area contributed by atoms with Crippen molar-refractivity contribution in [1.82, 2.24) is 9.80 Å². The van der Waals surface area contributed by atoms with Crippen LogP contribution >= 0.6 is 11.6 Å². The monoisotopic (exact) mass is 358 g/mol. The van der Waals surface area contributed by atoms with Crippen LogP contribution in [0.15, 0.2) is 48.5 Å². The van der Waals surface area contributed by atoms with Crippen molar-refractivity contribution in [3.8, 4) is 5.75 Å². The van der Waals surface area contributed by atoms with E-state index in [0.717, 1.165) is 32.7 Å². The van der Waals surface area contributed by atoms with Gasteiger partial charge < -0.3 is 9.64 Å². The van der Waals surface area contributed by atoms with Gasteiger partial charge in [0, 0.05) is 38.3 Å². The summed E-state index contributed by atoms with van der Waals surface area (Å²) in [6.07, 6.45) is 0. The largest absolute Gasteiger partial charge is 0.492 e. The Hall–Kier alpha value is -2.04. The summed E-state index contributed by atoms with van der Waals surface area (Å²) < 4.78 is 5.42. The molecular formula is C20H23ClN2O2. The number of halogens is 1. The van der Waals surface area contributed by atoms with E-state index in [1.165, 1.54) is 5.56 Å². The molecule has 0 aliphatic carbocycles. The zero-order chi connectivity index (χ0) is 17.6. The van der Waals surface area contributed by atoms with Crippen LogP contribution in [0.4, 0.5) is 0 Å². The van der Waals surface area contributed by atoms with Crippen molar-refractivity contribution in [1.29, 1.82) is 0 Å². The Kier molecular flexibility index (Phi) is 5.95. The molecule has 3 rings (SSSR count). The highest BCUT2D eigenvalue weighted by Gasteiger charge is 2.22. The number of hydrogen-bond donors (Lipinski definition) is 0. The molecule has 0 N–H and O–H groups in total. The molecule has 0 saturated carbocycles. The van der Waals surface area contributed by atoms with Gasteiger partial charge in [0.1, 0.15) is 5.75 Å². The van der Waals surface area contributed by atoms with E-state index in [2.05, 4.69) is 29.2 Å². The van der Waals surface area contributed by atoms with Gasteiger partial charge in [-0.05, 0) is 30.7 Å². The first-order valence-corrected chi connectivity index (χ1v) is 9.03. The van der Waals surface area contributed by atoms with E-state index in [0.29, 0.717) is 22.9 Å². The van der Waals surface area contributed by atoms with Crippen molar-refractivity contribution in [2.24, 2.45) is 0 Å². The summed E-state index contributed by atoms with van der Waals surface area (Å²) in [6.45, 7) is 6.61. The van der Waals surface area contributed by atoms with Gasteiger partial charge in [-0.15, -0.1) is 0 Å². The molecule has 1 aliphatic heterocycles. The highest BCUT2D eigenvalue weighted by atomic mass is 35.5. The van der Waals surface area contributed by atoms with Gasteiger partial charge >= 0.3 is 0 Å². The van der Waals surface area contributed by atoms with Gasteiger partial charge in [0.25, 0.3) is 5.91 Å². The van der Waals surface area contributed by atoms with Crippen molar-refractivity contribution in [2.75, 3.05) is 32.8 Å². The Morgan fingerprint density at radius 3 is 2.44 bits per heavy atom. The third-order valence-electron chi connectivity index (χ3n) is 4.39. The number of piperazine rings is 1. The topological polar surface area (TPSA) is 32.8 Å². The third-order valence-corrected chi connectivity index (χ3v) is 4.68. The van der Waals surface area contributed by atoms with E-state index in [1.807, 2.05) is 17.9 Å². The number of carbonyl (C=O) groups excluding carboxylic acids is 1. The van der Waals surface area contributed by atoms with Crippen molar-refractivity contribution >= 4 is 17.5 Å². The van der Waals surface area contributed by atoms with Gasteiger partial charge in [-0.1, -0.05) is 41.9 Å². The lowest BCUT2D eigenvalue weighted by Crippen LogP contribution is -2.48. The molecule has 1 heterocycles. The average Bonchev–Trinajstić information content (AvgIpc) is 2.64. The second-order valence-corrected chi connectivity index (χ2v) is 6.54. The van der Waals surface area contributed by atoms with Crippen LogP contribution in [0.5, 0.6) is 5.75 Å². The van der Waals surface area contributed by atoms with Crippen LogP contribution in [-0.2, 0) is 6.54 Å². The maximum Gasteiger partial charge on any atom is 0.253 e. The molecule has 0 spiro atoms. The fraction of sp³-hybridized carbons (Fsp3) is 0.350. The minimum atomic E-state index is 0.0318. The van der Waals surface area contributed by atoms with Crippen LogP contribution in [0.25, 0.3) is 0 Å². The SMILES string of the molecule is CCOc1ccc(C(=O)N2CCN(Cc3ccccc3)CC2)cc1Cl. The molecule has 0 unspecified atom stereocenters. The number of hydrogen-bond acceptors (Lipinski definition) is 3. The molecule has 1 amide bonds. The quantitative estimate of drug-likeness (QED) is 0.817. The predicted octanol–water partition coefficient (Wildman–Crippen LogP) is 3.70. The number of nitrogens with zero attached hydrogens (tertiary/aromatic N) is 2. The normalized spacial score (nSPS) is 15.2. The molecule has 25 heavy (non-hydrogen) atoms. The predicted molar refractivity (Wildman–Crippen MR) is 100 cm³/mol. The first-order chi connectivity index (χ1) is 12.2. The standard InChI is InChI=1S/C20H23ClN2O2/c1-2-25-19-9-8-17(14-18(19)21)20(24)23-12-10-22(11-13-23)15-16-6-4-3-5-7-16/h3-9,14H,2,10-13,15H2,1H3. The van der Waals surface area contributed by atoms with Crippen molar-refractivity contribution < 1.29 is 9.53 Å². The molecule has 0 radical (unpaired) electrons. The Morgan fingerprint density at radius 1 is 1.08 bits per heavy atom. The lowest BCUT2D eigenvalue weighted by molar-refractivity contribution is 0.0628. The molecule has 4 nitrogen and oxygen atoms in total. The van der Waals surface area contributed by atoms with Crippen LogP contribution in [-0.4, -0.2) is 48.5 Å². The minimum absolute atomic E-state index is 0.0318. The fourth-order valence-electron chi connectivity index (χ4n) is 3.04. The molecule has 132 valence electrons. The van der Waals surface area contributed by atoms with Crippen LogP contribution in [0.2, 0.25) is 5.02 Å². The second-order valence-electron chi connectivity index (χ2n) is 6.13. The maximum absolute atomic E-state index is 12.7. The van der Waals surface area contributed by atoms with Gasteiger partial charge in [0.2, 0.25) is 0 Å². The van der Waals surface area contributed by atoms with Crippen molar-refractivity contribution in [3.63, 3.8) is 0 Å². The minimum Gasteiger partial charge on any atom is -0.492 e. The number of ether oxygens (including phenoxy) is 1. The lowest BCUT2D eigenvalue weighted by Gasteiger charge is -2.34. The summed E-state index contributed by atoms with van der Waals surface area (Å²) in [5.41, 5.74) is 1.92. The van der Waals surface area contributed by atoms with Crippen molar-refractivity contribution in [3.05, 3.63) is 64.7 Å². The van der Waals surface area contributed by atoms with E-state index >= 15 is 0 Å². The second kappa shape index (κ2) is 8.37. The summed E-state index contributed by atoms with van der Waals surface area (Å²) in [5.74, 6) is 0.651. The number of amides is 1. The summed E-state index contributed by atoms with van der Waals surface area (Å²) in [4.78, 5) is 17.0. The molecule has 0 atom stereocenters. The summed E-state index contributed by atoms with van der Waals surface area (Å²) in [7, 11) is 0. The summed E-state index contributed by atoms with van der Waals surface area (Å²) in [6, 6.07) is 15.7. The van der Waals surface area contributed by atoms with E-state index in [9.17, 15) is 4.79 Å². The van der Waals surface area contributed by atoms with Crippen LogP contribution in [0, 0.1) is 0 Å². The van der Waals surface area contributed by atoms with Crippen LogP contribution in [0.1, 0.15) is 22.8 Å². The molecule has 0 bridgehead atoms. The Labute approximate surface area is 154 Å². The van der Waals surface area contributed by atoms with Crippen LogP contribution < -0.4 is 4.74 Å². The smallest absolute Gasteiger partial charge is 0.253 e. The lowest BCUT2D eigenvalue weighted by atomic mass is 10.1. The third kappa shape index (κ3) is 4.53. The molecule has 2 aromatic carbocycles. The Balaban J connectivity index is 1.57.